The van der Waals surface area contributed by atoms with Gasteiger partial charge in [0.1, 0.15) is 0 Å². The molecular formula is C10H24IN2+. The third-order valence-corrected chi connectivity index (χ3v) is 2.81. The molecule has 0 aliphatic carbocycles. The van der Waals surface area contributed by atoms with E-state index in [0.717, 1.165) is 4.48 Å². The van der Waals surface area contributed by atoms with Gasteiger partial charge in [-0.3, -0.25) is 0 Å². The summed E-state index contributed by atoms with van der Waals surface area (Å²) in [6.07, 6.45) is 2.63. The van der Waals surface area contributed by atoms with Crippen LogP contribution in [0.3, 0.4) is 0 Å². The minimum absolute atomic E-state index is 1.08. The largest absolute Gasteiger partial charge is 0.331 e. The second kappa shape index (κ2) is 7.01. The monoisotopic (exact) mass is 299 g/mol. The highest BCUT2D eigenvalue weighted by Gasteiger charge is 2.06. The lowest BCUT2D eigenvalue weighted by atomic mass is 10.3. The number of hydrogen-bond donors (Lipinski definition) is 0. The first-order valence-electron chi connectivity index (χ1n) is 5.00. The van der Waals surface area contributed by atoms with E-state index in [9.17, 15) is 0 Å². The van der Waals surface area contributed by atoms with E-state index < -0.39 is 0 Å². The molecule has 0 fully saturated rings. The van der Waals surface area contributed by atoms with Gasteiger partial charge in [0.05, 0.1) is 27.7 Å². The Bertz CT molecular complexity index is 121. The van der Waals surface area contributed by atoms with Gasteiger partial charge in [0.15, 0.2) is 0 Å². The van der Waals surface area contributed by atoms with Crippen LogP contribution in [-0.4, -0.2) is 61.6 Å². The SMILES string of the molecule is CN(CCCI)CCC[N+](C)(C)C. The molecule has 0 spiro atoms. The second-order valence-corrected chi connectivity index (χ2v) is 5.79. The predicted octanol–water partition coefficient (Wildman–Crippen LogP) is 1.84. The minimum Gasteiger partial charge on any atom is -0.331 e. The molecule has 3 heteroatoms. The fourth-order valence-electron chi connectivity index (χ4n) is 1.26. The van der Waals surface area contributed by atoms with Gasteiger partial charge in [0.25, 0.3) is 0 Å². The maximum absolute atomic E-state index is 2.44. The number of nitrogens with zero attached hydrogens (tertiary/aromatic N) is 2. The number of alkyl halides is 1. The van der Waals surface area contributed by atoms with Crippen molar-refractivity contribution in [2.45, 2.75) is 12.8 Å². The van der Waals surface area contributed by atoms with E-state index in [1.54, 1.807) is 0 Å². The lowest BCUT2D eigenvalue weighted by molar-refractivity contribution is -0.870. The highest BCUT2D eigenvalue weighted by atomic mass is 127. The Hall–Kier alpha value is 0.650. The van der Waals surface area contributed by atoms with Gasteiger partial charge in [-0.2, -0.15) is 0 Å². The number of rotatable bonds is 7. The van der Waals surface area contributed by atoms with Crippen LogP contribution in [0.4, 0.5) is 0 Å². The molecule has 0 unspecified atom stereocenters. The second-order valence-electron chi connectivity index (χ2n) is 4.71. The molecule has 0 aromatic rings. The van der Waals surface area contributed by atoms with Gasteiger partial charge < -0.3 is 9.38 Å². The number of hydrogen-bond acceptors (Lipinski definition) is 1. The van der Waals surface area contributed by atoms with Gasteiger partial charge in [-0.05, 0) is 20.0 Å². The molecule has 0 saturated carbocycles. The minimum atomic E-state index is 1.08. The zero-order chi connectivity index (χ0) is 10.3. The third kappa shape index (κ3) is 10.6. The highest BCUT2D eigenvalue weighted by molar-refractivity contribution is 14.1. The molecular weight excluding hydrogens is 275 g/mol. The molecule has 0 radical (unpaired) electrons. The summed E-state index contributed by atoms with van der Waals surface area (Å²) in [6.45, 7) is 3.76. The molecule has 0 saturated heterocycles. The van der Waals surface area contributed by atoms with Crippen LogP contribution >= 0.6 is 22.6 Å². The first kappa shape index (κ1) is 13.7. The van der Waals surface area contributed by atoms with Crippen molar-refractivity contribution in [2.75, 3.05) is 52.3 Å². The Kier molecular flexibility index (Phi) is 7.36. The molecule has 2 nitrogen and oxygen atoms in total. The van der Waals surface area contributed by atoms with Crippen molar-refractivity contribution >= 4 is 22.6 Å². The average molecular weight is 299 g/mol. The Morgan fingerprint density at radius 2 is 1.62 bits per heavy atom. The standard InChI is InChI=1S/C10H24IN2/c1-12(8-5-7-11)9-6-10-13(2,3)4/h5-10H2,1-4H3/q+1. The molecule has 0 bridgehead atoms. The summed E-state index contributed by atoms with van der Waals surface area (Å²) in [5.74, 6) is 0. The smallest absolute Gasteiger partial charge is 0.0792 e. The van der Waals surface area contributed by atoms with Crippen molar-refractivity contribution < 1.29 is 4.48 Å². The Labute approximate surface area is 97.0 Å². The van der Waals surface area contributed by atoms with Crippen molar-refractivity contribution in [3.05, 3.63) is 0 Å². The molecule has 0 N–H and O–H groups in total. The highest BCUT2D eigenvalue weighted by Crippen LogP contribution is 1.97. The Morgan fingerprint density at radius 3 is 2.08 bits per heavy atom. The van der Waals surface area contributed by atoms with Crippen molar-refractivity contribution in [1.82, 2.24) is 4.90 Å². The summed E-state index contributed by atoms with van der Waals surface area (Å²) in [6, 6.07) is 0. The van der Waals surface area contributed by atoms with E-state index in [1.807, 2.05) is 0 Å². The molecule has 0 aliphatic rings. The van der Waals surface area contributed by atoms with Gasteiger partial charge in [-0.25, -0.2) is 0 Å². The van der Waals surface area contributed by atoms with E-state index >= 15 is 0 Å². The van der Waals surface area contributed by atoms with Crippen LogP contribution in [0.5, 0.6) is 0 Å². The van der Waals surface area contributed by atoms with Crippen LogP contribution in [0, 0.1) is 0 Å². The molecule has 0 aliphatic heterocycles. The summed E-state index contributed by atoms with van der Waals surface area (Å²) in [4.78, 5) is 2.44. The first-order valence-corrected chi connectivity index (χ1v) is 6.53. The van der Waals surface area contributed by atoms with Crippen LogP contribution in [-0.2, 0) is 0 Å². The Balaban J connectivity index is 3.31. The average Bonchev–Trinajstić information content (AvgIpc) is 1.98. The van der Waals surface area contributed by atoms with Crippen molar-refractivity contribution in [1.29, 1.82) is 0 Å². The van der Waals surface area contributed by atoms with Crippen molar-refractivity contribution in [3.8, 4) is 0 Å². The zero-order valence-corrected chi connectivity index (χ0v) is 11.7. The lowest BCUT2D eigenvalue weighted by Crippen LogP contribution is -2.37. The Morgan fingerprint density at radius 1 is 1.08 bits per heavy atom. The molecule has 0 rings (SSSR count). The fraction of sp³-hybridized carbons (Fsp3) is 1.00. The topological polar surface area (TPSA) is 3.24 Å². The van der Waals surface area contributed by atoms with E-state index in [-0.39, 0.29) is 0 Å². The predicted molar refractivity (Wildman–Crippen MR) is 68.5 cm³/mol. The van der Waals surface area contributed by atoms with E-state index in [0.29, 0.717) is 0 Å². The van der Waals surface area contributed by atoms with Gasteiger partial charge >= 0.3 is 0 Å². The molecule has 13 heavy (non-hydrogen) atoms. The van der Waals surface area contributed by atoms with E-state index in [2.05, 4.69) is 55.7 Å². The normalized spacial score (nSPS) is 12.5. The van der Waals surface area contributed by atoms with Gasteiger partial charge in [0.2, 0.25) is 0 Å². The van der Waals surface area contributed by atoms with Crippen molar-refractivity contribution in [3.63, 3.8) is 0 Å². The van der Waals surface area contributed by atoms with E-state index in [1.165, 1.54) is 36.9 Å². The quantitative estimate of drug-likeness (QED) is 0.394. The van der Waals surface area contributed by atoms with Crippen LogP contribution in [0.2, 0.25) is 0 Å². The lowest BCUT2D eigenvalue weighted by Gasteiger charge is -2.25. The van der Waals surface area contributed by atoms with Gasteiger partial charge in [0, 0.05) is 17.4 Å². The molecule has 80 valence electrons. The summed E-state index contributed by atoms with van der Waals surface area (Å²) in [5.41, 5.74) is 0. The summed E-state index contributed by atoms with van der Waals surface area (Å²) < 4.78 is 2.36. The van der Waals surface area contributed by atoms with Crippen LogP contribution in [0.15, 0.2) is 0 Å². The van der Waals surface area contributed by atoms with E-state index in [4.69, 9.17) is 0 Å². The zero-order valence-electron chi connectivity index (χ0n) is 9.52. The van der Waals surface area contributed by atoms with Crippen LogP contribution < -0.4 is 0 Å². The fourth-order valence-corrected chi connectivity index (χ4v) is 1.60. The third-order valence-electron chi connectivity index (χ3n) is 2.04. The first-order chi connectivity index (χ1) is 5.95. The number of halogens is 1. The summed E-state index contributed by atoms with van der Waals surface area (Å²) >= 11 is 2.44. The van der Waals surface area contributed by atoms with Gasteiger partial charge in [-0.15, -0.1) is 0 Å². The summed E-state index contributed by atoms with van der Waals surface area (Å²) in [5, 5.41) is 0. The van der Waals surface area contributed by atoms with Crippen LogP contribution in [0.1, 0.15) is 12.8 Å². The molecule has 0 aromatic heterocycles. The molecule has 0 aromatic carbocycles. The molecule has 0 heterocycles. The van der Waals surface area contributed by atoms with Crippen LogP contribution in [0.25, 0.3) is 0 Å². The maximum atomic E-state index is 2.44. The molecule has 0 atom stereocenters. The number of quaternary nitrogens is 1. The summed E-state index contributed by atoms with van der Waals surface area (Å²) in [7, 11) is 8.99. The van der Waals surface area contributed by atoms with Gasteiger partial charge in [-0.1, -0.05) is 22.6 Å². The molecule has 0 amide bonds. The maximum Gasteiger partial charge on any atom is 0.0792 e. The van der Waals surface area contributed by atoms with Crippen molar-refractivity contribution in [2.24, 2.45) is 0 Å².